The van der Waals surface area contributed by atoms with Gasteiger partial charge in [-0.05, 0) is 29.9 Å². The van der Waals surface area contributed by atoms with Gasteiger partial charge < -0.3 is 4.74 Å². The second kappa shape index (κ2) is 7.54. The zero-order valence-electron chi connectivity index (χ0n) is 9.90. The van der Waals surface area contributed by atoms with Crippen molar-refractivity contribution in [3.8, 4) is 5.75 Å². The van der Waals surface area contributed by atoms with E-state index < -0.39 is 0 Å². The summed E-state index contributed by atoms with van der Waals surface area (Å²) in [6.45, 7) is 2.16. The van der Waals surface area contributed by atoms with Crippen LogP contribution in [0.1, 0.15) is 12.5 Å². The summed E-state index contributed by atoms with van der Waals surface area (Å²) < 4.78 is 5.19. The molecule has 0 amide bonds. The summed E-state index contributed by atoms with van der Waals surface area (Å²) in [5, 5.41) is 0. The molecule has 0 saturated carbocycles. The standard InChI is InChI=1S/C12H20N2OS/c1-3-16-9-11(14-13)7-10-5-4-6-12(8-10)15-2/h4-6,8,11,14H,3,7,9,13H2,1-2H3. The first kappa shape index (κ1) is 13.4. The van der Waals surface area contributed by atoms with Crippen LogP contribution in [-0.4, -0.2) is 24.7 Å². The van der Waals surface area contributed by atoms with Gasteiger partial charge in [-0.2, -0.15) is 11.8 Å². The number of rotatable bonds is 7. The third kappa shape index (κ3) is 4.43. The number of nitrogens with two attached hydrogens (primary N) is 1. The maximum absolute atomic E-state index is 5.54. The van der Waals surface area contributed by atoms with E-state index in [9.17, 15) is 0 Å². The minimum Gasteiger partial charge on any atom is -0.497 e. The molecule has 0 spiro atoms. The third-order valence-corrected chi connectivity index (χ3v) is 3.42. The van der Waals surface area contributed by atoms with Crippen LogP contribution in [0.15, 0.2) is 24.3 Å². The van der Waals surface area contributed by atoms with E-state index in [-0.39, 0.29) is 0 Å². The van der Waals surface area contributed by atoms with Crippen LogP contribution in [0.2, 0.25) is 0 Å². The number of hydrogen-bond donors (Lipinski definition) is 2. The number of ether oxygens (including phenoxy) is 1. The molecule has 0 aliphatic rings. The van der Waals surface area contributed by atoms with Crippen LogP contribution < -0.4 is 16.0 Å². The van der Waals surface area contributed by atoms with E-state index in [0.717, 1.165) is 23.7 Å². The Labute approximate surface area is 102 Å². The molecule has 16 heavy (non-hydrogen) atoms. The summed E-state index contributed by atoms with van der Waals surface area (Å²) in [6, 6.07) is 8.44. The van der Waals surface area contributed by atoms with Crippen molar-refractivity contribution in [1.29, 1.82) is 0 Å². The molecule has 1 aromatic carbocycles. The molecule has 90 valence electrons. The lowest BCUT2D eigenvalue weighted by Crippen LogP contribution is -2.38. The average Bonchev–Trinajstić information content (AvgIpc) is 2.34. The second-order valence-corrected chi connectivity index (χ2v) is 4.90. The molecule has 1 unspecified atom stereocenters. The monoisotopic (exact) mass is 240 g/mol. The van der Waals surface area contributed by atoms with Gasteiger partial charge in [0.05, 0.1) is 7.11 Å². The van der Waals surface area contributed by atoms with Gasteiger partial charge in [-0.15, -0.1) is 0 Å². The first-order chi connectivity index (χ1) is 7.80. The zero-order chi connectivity index (χ0) is 11.8. The highest BCUT2D eigenvalue weighted by atomic mass is 32.2. The molecule has 4 heteroatoms. The molecule has 1 rings (SSSR count). The van der Waals surface area contributed by atoms with Crippen LogP contribution in [0.3, 0.4) is 0 Å². The second-order valence-electron chi connectivity index (χ2n) is 3.58. The minimum absolute atomic E-state index is 0.317. The Balaban J connectivity index is 2.55. The van der Waals surface area contributed by atoms with Gasteiger partial charge in [0.15, 0.2) is 0 Å². The van der Waals surface area contributed by atoms with Crippen molar-refractivity contribution in [3.05, 3.63) is 29.8 Å². The van der Waals surface area contributed by atoms with E-state index in [2.05, 4.69) is 24.5 Å². The molecule has 1 aromatic rings. The number of thioether (sulfide) groups is 1. The Morgan fingerprint density at radius 1 is 1.50 bits per heavy atom. The van der Waals surface area contributed by atoms with Gasteiger partial charge in [0.25, 0.3) is 0 Å². The first-order valence-electron chi connectivity index (χ1n) is 5.47. The van der Waals surface area contributed by atoms with E-state index in [4.69, 9.17) is 10.6 Å². The summed E-state index contributed by atoms with van der Waals surface area (Å²) in [7, 11) is 1.69. The van der Waals surface area contributed by atoms with Gasteiger partial charge in [0.1, 0.15) is 5.75 Å². The summed E-state index contributed by atoms with van der Waals surface area (Å²) >= 11 is 1.90. The Kier molecular flexibility index (Phi) is 6.30. The quantitative estimate of drug-likeness (QED) is 0.564. The van der Waals surface area contributed by atoms with Crippen LogP contribution in [0.25, 0.3) is 0 Å². The third-order valence-electron chi connectivity index (χ3n) is 2.38. The van der Waals surface area contributed by atoms with E-state index in [0.29, 0.717) is 6.04 Å². The van der Waals surface area contributed by atoms with Crippen LogP contribution in [0.5, 0.6) is 5.75 Å². The largest absolute Gasteiger partial charge is 0.497 e. The Hall–Kier alpha value is -0.710. The summed E-state index contributed by atoms with van der Waals surface area (Å²) in [4.78, 5) is 0. The van der Waals surface area contributed by atoms with Gasteiger partial charge in [-0.25, -0.2) is 0 Å². The molecule has 0 bridgehead atoms. The molecule has 0 heterocycles. The predicted molar refractivity (Wildman–Crippen MR) is 70.8 cm³/mol. The lowest BCUT2D eigenvalue weighted by Gasteiger charge is -2.15. The molecule has 3 nitrogen and oxygen atoms in total. The fourth-order valence-electron chi connectivity index (χ4n) is 1.51. The van der Waals surface area contributed by atoms with Crippen LogP contribution in [0, 0.1) is 0 Å². The number of hydrazine groups is 1. The maximum atomic E-state index is 5.54. The molecule has 0 fully saturated rings. The highest BCUT2D eigenvalue weighted by Gasteiger charge is 2.07. The first-order valence-corrected chi connectivity index (χ1v) is 6.62. The van der Waals surface area contributed by atoms with Crippen molar-refractivity contribution in [1.82, 2.24) is 5.43 Å². The summed E-state index contributed by atoms with van der Waals surface area (Å²) in [5.41, 5.74) is 4.11. The number of methoxy groups -OCH3 is 1. The fraction of sp³-hybridized carbons (Fsp3) is 0.500. The molecular formula is C12H20N2OS. The van der Waals surface area contributed by atoms with Gasteiger partial charge >= 0.3 is 0 Å². The van der Waals surface area contributed by atoms with Crippen LogP contribution in [-0.2, 0) is 6.42 Å². The van der Waals surface area contributed by atoms with Crippen molar-refractivity contribution in [2.75, 3.05) is 18.6 Å². The molecule has 0 saturated heterocycles. The van der Waals surface area contributed by atoms with Crippen molar-refractivity contribution >= 4 is 11.8 Å². The van der Waals surface area contributed by atoms with E-state index in [1.807, 2.05) is 23.9 Å². The molecule has 3 N–H and O–H groups in total. The van der Waals surface area contributed by atoms with Gasteiger partial charge in [-0.1, -0.05) is 19.1 Å². The van der Waals surface area contributed by atoms with Crippen molar-refractivity contribution in [3.63, 3.8) is 0 Å². The zero-order valence-corrected chi connectivity index (χ0v) is 10.7. The maximum Gasteiger partial charge on any atom is 0.119 e. The average molecular weight is 240 g/mol. The fourth-order valence-corrected chi connectivity index (χ4v) is 2.24. The van der Waals surface area contributed by atoms with Crippen LogP contribution in [0.4, 0.5) is 0 Å². The molecule has 0 aliphatic heterocycles. The predicted octanol–water partition coefficient (Wildman–Crippen LogP) is 1.82. The topological polar surface area (TPSA) is 47.3 Å². The molecule has 0 radical (unpaired) electrons. The normalized spacial score (nSPS) is 12.4. The summed E-state index contributed by atoms with van der Waals surface area (Å²) in [6.07, 6.45) is 0.931. The summed E-state index contributed by atoms with van der Waals surface area (Å²) in [5.74, 6) is 8.59. The number of nitrogens with one attached hydrogen (secondary N) is 1. The smallest absolute Gasteiger partial charge is 0.119 e. The minimum atomic E-state index is 0.317. The lowest BCUT2D eigenvalue weighted by atomic mass is 10.1. The highest BCUT2D eigenvalue weighted by molar-refractivity contribution is 7.99. The van der Waals surface area contributed by atoms with Gasteiger partial charge in [0.2, 0.25) is 0 Å². The van der Waals surface area contributed by atoms with E-state index in [1.54, 1.807) is 7.11 Å². The van der Waals surface area contributed by atoms with Gasteiger partial charge in [0, 0.05) is 11.8 Å². The molecule has 0 aromatic heterocycles. The Morgan fingerprint density at radius 3 is 2.94 bits per heavy atom. The van der Waals surface area contributed by atoms with Crippen molar-refractivity contribution in [2.24, 2.45) is 5.84 Å². The molecule has 0 aliphatic carbocycles. The number of benzene rings is 1. The Bertz CT molecular complexity index is 307. The SMILES string of the molecule is CCSCC(Cc1cccc(OC)c1)NN. The number of hydrogen-bond acceptors (Lipinski definition) is 4. The van der Waals surface area contributed by atoms with Crippen molar-refractivity contribution in [2.45, 2.75) is 19.4 Å². The highest BCUT2D eigenvalue weighted by Crippen LogP contribution is 2.15. The lowest BCUT2D eigenvalue weighted by molar-refractivity contribution is 0.414. The van der Waals surface area contributed by atoms with E-state index in [1.165, 1.54) is 5.56 Å². The Morgan fingerprint density at radius 2 is 2.31 bits per heavy atom. The molecular weight excluding hydrogens is 220 g/mol. The van der Waals surface area contributed by atoms with Crippen LogP contribution >= 0.6 is 11.8 Å². The van der Waals surface area contributed by atoms with E-state index >= 15 is 0 Å². The van der Waals surface area contributed by atoms with Gasteiger partial charge in [-0.3, -0.25) is 11.3 Å². The van der Waals surface area contributed by atoms with Crippen molar-refractivity contribution < 1.29 is 4.74 Å². The molecule has 1 atom stereocenters.